The molecule has 3 atom stereocenters. The van der Waals surface area contributed by atoms with Gasteiger partial charge < -0.3 is 15.3 Å². The molecule has 6 nitrogen and oxygen atoms in total. The third kappa shape index (κ3) is 7.77. The second-order valence-corrected chi connectivity index (χ2v) is 10.2. The maximum absolute atomic E-state index is 13.2. The quantitative estimate of drug-likeness (QED) is 0.428. The zero-order chi connectivity index (χ0) is 23.0. The molecule has 2 N–H and O–H groups in total. The number of carbonyl (C=O) groups is 3. The van der Waals surface area contributed by atoms with Crippen LogP contribution in [0.3, 0.4) is 0 Å². The van der Waals surface area contributed by atoms with Crippen LogP contribution in [0.15, 0.2) is 24.3 Å². The van der Waals surface area contributed by atoms with Crippen molar-refractivity contribution in [3.63, 3.8) is 0 Å². The molecule has 1 fully saturated rings. The number of carboxylic acids is 1. The number of amides is 2. The van der Waals surface area contributed by atoms with Gasteiger partial charge in [-0.25, -0.2) is 0 Å². The van der Waals surface area contributed by atoms with E-state index in [1.54, 1.807) is 0 Å². The fourth-order valence-electron chi connectivity index (χ4n) is 4.30. The van der Waals surface area contributed by atoms with Gasteiger partial charge >= 0.3 is 5.97 Å². The number of carboxylic acid groups (broad SMARTS) is 1. The molecule has 0 spiro atoms. The molecular weight excluding hydrogens is 507 g/mol. The minimum absolute atomic E-state index is 0.0737. The highest BCUT2D eigenvalue weighted by molar-refractivity contribution is 14.1. The molecular formula is C24H35IN2O4. The monoisotopic (exact) mass is 542 g/mol. The highest BCUT2D eigenvalue weighted by Gasteiger charge is 2.36. The van der Waals surface area contributed by atoms with E-state index >= 15 is 0 Å². The van der Waals surface area contributed by atoms with E-state index in [2.05, 4.69) is 34.0 Å². The molecule has 0 aromatic heterocycles. The zero-order valence-corrected chi connectivity index (χ0v) is 20.9. The van der Waals surface area contributed by atoms with Crippen LogP contribution in [0.4, 0.5) is 0 Å². The first kappa shape index (κ1) is 25.6. The van der Waals surface area contributed by atoms with Crippen LogP contribution in [0, 0.1) is 21.3 Å². The first-order valence-corrected chi connectivity index (χ1v) is 12.4. The van der Waals surface area contributed by atoms with Crippen molar-refractivity contribution in [2.75, 3.05) is 6.54 Å². The van der Waals surface area contributed by atoms with Crippen molar-refractivity contribution in [3.05, 3.63) is 33.4 Å². The Morgan fingerprint density at radius 3 is 2.61 bits per heavy atom. The summed E-state index contributed by atoms with van der Waals surface area (Å²) >= 11 is 2.26. The number of benzene rings is 1. The first-order valence-electron chi connectivity index (χ1n) is 11.3. The Bertz CT molecular complexity index is 768. The van der Waals surface area contributed by atoms with Crippen LogP contribution in [-0.4, -0.2) is 40.4 Å². The molecule has 1 heterocycles. The second-order valence-electron chi connectivity index (χ2n) is 8.92. The third-order valence-corrected chi connectivity index (χ3v) is 6.50. The molecule has 7 heteroatoms. The third-order valence-electron chi connectivity index (χ3n) is 5.82. The summed E-state index contributed by atoms with van der Waals surface area (Å²) in [4.78, 5) is 40.1. The summed E-state index contributed by atoms with van der Waals surface area (Å²) in [5.41, 5.74) is 1.07. The standard InChI is InChI=1S/C24H35IN2O4/c1-4-8-19(24(30)31)20(13-16(2)3)22(28)26-21-11-5-6-12-27(23(21)29)15-17-9-7-10-18(25)14-17/h7,9-10,14,16,19-21H,4-6,8,11-13,15H2,1-3H3,(H,26,28)(H,30,31)/t19-,20?,21?/m0/s1. The highest BCUT2D eigenvalue weighted by Crippen LogP contribution is 2.26. The number of hydrogen-bond acceptors (Lipinski definition) is 3. The molecule has 1 saturated heterocycles. The summed E-state index contributed by atoms with van der Waals surface area (Å²) in [5, 5.41) is 12.7. The van der Waals surface area contributed by atoms with Crippen LogP contribution < -0.4 is 5.32 Å². The predicted molar refractivity (Wildman–Crippen MR) is 129 cm³/mol. The van der Waals surface area contributed by atoms with Crippen molar-refractivity contribution in [1.82, 2.24) is 10.2 Å². The average molecular weight is 542 g/mol. The summed E-state index contributed by atoms with van der Waals surface area (Å²) in [5.74, 6) is -2.47. The normalized spacial score (nSPS) is 19.1. The average Bonchev–Trinajstić information content (AvgIpc) is 2.86. The van der Waals surface area contributed by atoms with Crippen LogP contribution in [-0.2, 0) is 20.9 Å². The van der Waals surface area contributed by atoms with Gasteiger partial charge in [0.15, 0.2) is 0 Å². The fraction of sp³-hybridized carbons (Fsp3) is 0.625. The lowest BCUT2D eigenvalue weighted by Crippen LogP contribution is -2.50. The first-order chi connectivity index (χ1) is 14.7. The number of carbonyl (C=O) groups excluding carboxylic acids is 2. The van der Waals surface area contributed by atoms with Crippen molar-refractivity contribution in [2.24, 2.45) is 17.8 Å². The van der Waals surface area contributed by atoms with Crippen molar-refractivity contribution < 1.29 is 19.5 Å². The van der Waals surface area contributed by atoms with Crippen LogP contribution >= 0.6 is 22.6 Å². The van der Waals surface area contributed by atoms with Crippen molar-refractivity contribution in [2.45, 2.75) is 71.9 Å². The zero-order valence-electron chi connectivity index (χ0n) is 18.8. The van der Waals surface area contributed by atoms with E-state index in [-0.39, 0.29) is 17.7 Å². The minimum Gasteiger partial charge on any atom is -0.481 e. The summed E-state index contributed by atoms with van der Waals surface area (Å²) in [6.07, 6.45) is 3.99. The van der Waals surface area contributed by atoms with Gasteiger partial charge in [-0.1, -0.05) is 39.3 Å². The summed E-state index contributed by atoms with van der Waals surface area (Å²) in [7, 11) is 0. The predicted octanol–water partition coefficient (Wildman–Crippen LogP) is 4.45. The molecule has 31 heavy (non-hydrogen) atoms. The lowest BCUT2D eigenvalue weighted by molar-refractivity contribution is -0.148. The number of nitrogens with one attached hydrogen (secondary N) is 1. The molecule has 172 valence electrons. The second kappa shape index (κ2) is 12.4. The van der Waals surface area contributed by atoms with Crippen LogP contribution in [0.5, 0.6) is 0 Å². The Balaban J connectivity index is 2.15. The Labute approximate surface area is 199 Å². The van der Waals surface area contributed by atoms with Crippen molar-refractivity contribution in [1.29, 1.82) is 0 Å². The molecule has 2 rings (SSSR count). The lowest BCUT2D eigenvalue weighted by atomic mass is 9.82. The van der Waals surface area contributed by atoms with Gasteiger partial charge in [0.2, 0.25) is 11.8 Å². The topological polar surface area (TPSA) is 86.7 Å². The Morgan fingerprint density at radius 2 is 2.00 bits per heavy atom. The van der Waals surface area contributed by atoms with Crippen LogP contribution in [0.2, 0.25) is 0 Å². The van der Waals surface area contributed by atoms with Gasteiger partial charge in [0.1, 0.15) is 6.04 Å². The smallest absolute Gasteiger partial charge is 0.307 e. The molecule has 2 unspecified atom stereocenters. The SMILES string of the molecule is CCC[C@H](C(=O)O)C(CC(C)C)C(=O)NC1CCCCN(Cc2cccc(I)c2)C1=O. The van der Waals surface area contributed by atoms with E-state index in [1.807, 2.05) is 43.9 Å². The number of aliphatic carboxylic acids is 1. The molecule has 1 aromatic carbocycles. The van der Waals surface area contributed by atoms with Gasteiger partial charge in [0, 0.05) is 16.7 Å². The van der Waals surface area contributed by atoms with Gasteiger partial charge in [0.05, 0.1) is 11.8 Å². The van der Waals surface area contributed by atoms with Gasteiger partial charge in [-0.15, -0.1) is 0 Å². The van der Waals surface area contributed by atoms with Gasteiger partial charge in [-0.3, -0.25) is 14.4 Å². The van der Waals surface area contributed by atoms with E-state index in [1.165, 1.54) is 0 Å². The number of halogens is 1. The number of nitrogens with zero attached hydrogens (tertiary/aromatic N) is 1. The maximum atomic E-state index is 13.2. The molecule has 1 aliphatic rings. The van der Waals surface area contributed by atoms with Crippen LogP contribution in [0.25, 0.3) is 0 Å². The number of hydrogen-bond donors (Lipinski definition) is 2. The number of rotatable bonds is 10. The molecule has 0 radical (unpaired) electrons. The highest BCUT2D eigenvalue weighted by atomic mass is 127. The van der Waals surface area contributed by atoms with Gasteiger partial charge in [0.25, 0.3) is 0 Å². The van der Waals surface area contributed by atoms with E-state index < -0.39 is 23.8 Å². The molecule has 0 saturated carbocycles. The summed E-state index contributed by atoms with van der Waals surface area (Å²) < 4.78 is 1.12. The molecule has 2 amide bonds. The lowest BCUT2D eigenvalue weighted by Gasteiger charge is -2.29. The van der Waals surface area contributed by atoms with Crippen LogP contribution in [0.1, 0.15) is 64.9 Å². The van der Waals surface area contributed by atoms with E-state index in [9.17, 15) is 19.5 Å². The van der Waals surface area contributed by atoms with Gasteiger partial charge in [-0.2, -0.15) is 0 Å². The van der Waals surface area contributed by atoms with Crippen molar-refractivity contribution >= 4 is 40.4 Å². The molecule has 1 aromatic rings. The van der Waals surface area contributed by atoms with Crippen molar-refractivity contribution in [3.8, 4) is 0 Å². The summed E-state index contributed by atoms with van der Waals surface area (Å²) in [6, 6.07) is 7.47. The minimum atomic E-state index is -0.935. The molecule has 0 aliphatic carbocycles. The number of likely N-dealkylation sites (tertiary alicyclic amines) is 1. The Hall–Kier alpha value is -1.64. The van der Waals surface area contributed by atoms with E-state index in [4.69, 9.17) is 0 Å². The van der Waals surface area contributed by atoms with E-state index in [0.29, 0.717) is 38.8 Å². The van der Waals surface area contributed by atoms with E-state index in [0.717, 1.165) is 22.0 Å². The summed E-state index contributed by atoms with van der Waals surface area (Å²) in [6.45, 7) is 7.10. The van der Waals surface area contributed by atoms with Gasteiger partial charge in [-0.05, 0) is 78.3 Å². The Kier molecular flexibility index (Phi) is 10.3. The maximum Gasteiger partial charge on any atom is 0.307 e. The largest absolute Gasteiger partial charge is 0.481 e. The molecule has 0 bridgehead atoms. The fourth-order valence-corrected chi connectivity index (χ4v) is 4.91. The molecule has 1 aliphatic heterocycles. The Morgan fingerprint density at radius 1 is 1.26 bits per heavy atom.